The van der Waals surface area contributed by atoms with Gasteiger partial charge in [-0.1, -0.05) is 15.9 Å². The van der Waals surface area contributed by atoms with Gasteiger partial charge in [0.05, 0.1) is 11.4 Å². The third kappa shape index (κ3) is 3.36. The molecule has 0 aliphatic carbocycles. The minimum absolute atomic E-state index is 0.166. The van der Waals surface area contributed by atoms with Gasteiger partial charge < -0.3 is 5.32 Å². The Kier molecular flexibility index (Phi) is 4.50. The fraction of sp³-hybridized carbons (Fsp3) is 0.111. The minimum atomic E-state index is -0.452. The van der Waals surface area contributed by atoms with Crippen LogP contribution in [0.3, 0.4) is 0 Å². The van der Waals surface area contributed by atoms with E-state index in [0.717, 1.165) is 9.37 Å². The van der Waals surface area contributed by atoms with Gasteiger partial charge in [-0.05, 0) is 42.5 Å². The van der Waals surface area contributed by atoms with Crippen LogP contribution in [0.2, 0.25) is 0 Å². The number of imide groups is 1. The zero-order valence-corrected chi connectivity index (χ0v) is 15.1. The Hall–Kier alpha value is -2.80. The minimum Gasteiger partial charge on any atom is -0.326 e. The van der Waals surface area contributed by atoms with Crippen LogP contribution in [0.15, 0.2) is 51.9 Å². The number of carbonyl (C=O) groups excluding carboxylic acids is 3. The highest BCUT2D eigenvalue weighted by atomic mass is 79.9. The molecular weight excluding hydrogens is 386 g/mol. The number of fused-ring (bicyclic) bond motifs is 1. The van der Waals surface area contributed by atoms with Crippen LogP contribution in [-0.2, 0) is 14.4 Å². The Morgan fingerprint density at radius 2 is 1.76 bits per heavy atom. The van der Waals surface area contributed by atoms with Crippen LogP contribution in [0.4, 0.5) is 17.1 Å². The Morgan fingerprint density at radius 1 is 1.08 bits per heavy atom. The van der Waals surface area contributed by atoms with Crippen molar-refractivity contribution in [1.29, 1.82) is 0 Å². The van der Waals surface area contributed by atoms with Gasteiger partial charge in [0.2, 0.25) is 11.8 Å². The SMILES string of the molecule is CC(=O)Nc1ccc(N=C2C(=O)N(C(C)=O)c3ccc(Br)cc32)cc1. The highest BCUT2D eigenvalue weighted by Crippen LogP contribution is 2.33. The molecule has 0 radical (unpaired) electrons. The molecule has 0 saturated heterocycles. The molecular formula is C18H14BrN3O3. The molecule has 25 heavy (non-hydrogen) atoms. The van der Waals surface area contributed by atoms with Gasteiger partial charge in [0, 0.05) is 29.6 Å². The smallest absolute Gasteiger partial charge is 0.284 e. The highest BCUT2D eigenvalue weighted by Gasteiger charge is 2.36. The second kappa shape index (κ2) is 6.60. The summed E-state index contributed by atoms with van der Waals surface area (Å²) in [5.74, 6) is -0.979. The quantitative estimate of drug-likeness (QED) is 0.839. The predicted molar refractivity (Wildman–Crippen MR) is 99.3 cm³/mol. The maximum atomic E-state index is 12.6. The third-order valence-corrected chi connectivity index (χ3v) is 4.10. The summed E-state index contributed by atoms with van der Waals surface area (Å²) < 4.78 is 0.790. The molecule has 2 aromatic carbocycles. The Labute approximate surface area is 152 Å². The van der Waals surface area contributed by atoms with E-state index in [2.05, 4.69) is 26.2 Å². The van der Waals surface area contributed by atoms with E-state index < -0.39 is 5.91 Å². The number of halogens is 1. The molecule has 0 atom stereocenters. The molecule has 0 spiro atoms. The summed E-state index contributed by atoms with van der Waals surface area (Å²) in [7, 11) is 0. The van der Waals surface area contributed by atoms with Gasteiger partial charge in [-0.15, -0.1) is 0 Å². The van der Waals surface area contributed by atoms with Crippen molar-refractivity contribution < 1.29 is 14.4 Å². The second-order valence-electron chi connectivity index (χ2n) is 5.51. The zero-order valence-electron chi connectivity index (χ0n) is 13.5. The first kappa shape index (κ1) is 17.0. The summed E-state index contributed by atoms with van der Waals surface area (Å²) in [6.07, 6.45) is 0. The standard InChI is InChI=1S/C18H14BrN3O3/c1-10(23)20-13-4-6-14(7-5-13)21-17-15-9-12(19)3-8-16(15)22(11(2)24)18(17)25/h3-9H,1-2H3,(H,20,23). The molecule has 1 aliphatic heterocycles. The van der Waals surface area contributed by atoms with Gasteiger partial charge in [0.25, 0.3) is 5.91 Å². The lowest BCUT2D eigenvalue weighted by Crippen LogP contribution is -2.34. The number of hydrogen-bond acceptors (Lipinski definition) is 4. The summed E-state index contributed by atoms with van der Waals surface area (Å²) >= 11 is 3.38. The number of carbonyl (C=O) groups is 3. The van der Waals surface area contributed by atoms with Crippen molar-refractivity contribution >= 4 is 56.4 Å². The van der Waals surface area contributed by atoms with Crippen molar-refractivity contribution in [3.63, 3.8) is 0 Å². The fourth-order valence-corrected chi connectivity index (χ4v) is 2.96. The molecule has 0 saturated carbocycles. The predicted octanol–water partition coefficient (Wildman–Crippen LogP) is 3.42. The lowest BCUT2D eigenvalue weighted by Gasteiger charge is -2.11. The van der Waals surface area contributed by atoms with Gasteiger partial charge in [0.15, 0.2) is 0 Å². The summed E-state index contributed by atoms with van der Waals surface area (Å²) in [4.78, 5) is 41.1. The molecule has 0 bridgehead atoms. The van der Waals surface area contributed by atoms with E-state index in [1.54, 1.807) is 42.5 Å². The molecule has 0 unspecified atom stereocenters. The highest BCUT2D eigenvalue weighted by molar-refractivity contribution is 9.10. The first-order chi connectivity index (χ1) is 11.9. The van der Waals surface area contributed by atoms with Gasteiger partial charge in [0.1, 0.15) is 5.71 Å². The van der Waals surface area contributed by atoms with Crippen LogP contribution >= 0.6 is 15.9 Å². The van der Waals surface area contributed by atoms with E-state index in [0.29, 0.717) is 22.6 Å². The zero-order chi connectivity index (χ0) is 18.1. The average Bonchev–Trinajstić information content (AvgIpc) is 2.80. The van der Waals surface area contributed by atoms with Crippen LogP contribution in [0, 0.1) is 0 Å². The molecule has 6 nitrogen and oxygen atoms in total. The largest absolute Gasteiger partial charge is 0.326 e. The van der Waals surface area contributed by atoms with Crippen molar-refractivity contribution in [3.05, 3.63) is 52.5 Å². The first-order valence-corrected chi connectivity index (χ1v) is 8.27. The summed E-state index contributed by atoms with van der Waals surface area (Å²) in [6.45, 7) is 2.77. The molecule has 1 aliphatic rings. The molecule has 1 N–H and O–H groups in total. The van der Waals surface area contributed by atoms with E-state index in [9.17, 15) is 14.4 Å². The lowest BCUT2D eigenvalue weighted by atomic mass is 10.1. The normalized spacial score (nSPS) is 14.6. The number of anilines is 2. The Bertz CT molecular complexity index is 920. The second-order valence-corrected chi connectivity index (χ2v) is 6.43. The molecule has 1 heterocycles. The molecule has 7 heteroatoms. The molecule has 126 valence electrons. The van der Waals surface area contributed by atoms with Gasteiger partial charge in [-0.25, -0.2) is 9.89 Å². The summed E-state index contributed by atoms with van der Waals surface area (Å²) in [6, 6.07) is 12.0. The lowest BCUT2D eigenvalue weighted by molar-refractivity contribution is -0.122. The van der Waals surface area contributed by atoms with E-state index in [1.807, 2.05) is 0 Å². The molecule has 0 aromatic heterocycles. The average molecular weight is 400 g/mol. The number of nitrogens with zero attached hydrogens (tertiary/aromatic N) is 2. The van der Waals surface area contributed by atoms with Crippen LogP contribution < -0.4 is 10.2 Å². The topological polar surface area (TPSA) is 78.8 Å². The molecule has 0 fully saturated rings. The monoisotopic (exact) mass is 399 g/mol. The summed E-state index contributed by atoms with van der Waals surface area (Å²) in [5, 5.41) is 2.67. The van der Waals surface area contributed by atoms with E-state index in [-0.39, 0.29) is 17.5 Å². The van der Waals surface area contributed by atoms with Crippen LogP contribution in [0.25, 0.3) is 0 Å². The number of nitrogens with one attached hydrogen (secondary N) is 1. The number of aliphatic imine (C=N–C) groups is 1. The van der Waals surface area contributed by atoms with Crippen molar-refractivity contribution in [2.24, 2.45) is 4.99 Å². The van der Waals surface area contributed by atoms with E-state index in [1.165, 1.54) is 13.8 Å². The van der Waals surface area contributed by atoms with Gasteiger partial charge in [-0.2, -0.15) is 0 Å². The first-order valence-electron chi connectivity index (χ1n) is 7.48. The van der Waals surface area contributed by atoms with Crippen molar-refractivity contribution in [2.45, 2.75) is 13.8 Å². The maximum absolute atomic E-state index is 12.6. The van der Waals surface area contributed by atoms with Crippen molar-refractivity contribution in [2.75, 3.05) is 10.2 Å². The van der Waals surface area contributed by atoms with Crippen LogP contribution in [0.1, 0.15) is 19.4 Å². The van der Waals surface area contributed by atoms with Gasteiger partial charge >= 0.3 is 0 Å². The Morgan fingerprint density at radius 3 is 2.36 bits per heavy atom. The third-order valence-electron chi connectivity index (χ3n) is 3.60. The summed E-state index contributed by atoms with van der Waals surface area (Å²) in [5.41, 5.74) is 2.52. The molecule has 2 aromatic rings. The molecule has 3 amide bonds. The van der Waals surface area contributed by atoms with Crippen molar-refractivity contribution in [3.8, 4) is 0 Å². The van der Waals surface area contributed by atoms with E-state index >= 15 is 0 Å². The number of amides is 3. The van der Waals surface area contributed by atoms with Gasteiger partial charge in [-0.3, -0.25) is 14.4 Å². The fourth-order valence-electron chi connectivity index (χ4n) is 2.60. The van der Waals surface area contributed by atoms with Crippen molar-refractivity contribution in [1.82, 2.24) is 0 Å². The molecule has 3 rings (SSSR count). The number of benzene rings is 2. The Balaban J connectivity index is 2.03. The van der Waals surface area contributed by atoms with Crippen LogP contribution in [-0.4, -0.2) is 23.4 Å². The maximum Gasteiger partial charge on any atom is 0.284 e. The number of rotatable bonds is 2. The number of hydrogen-bond donors (Lipinski definition) is 1. The van der Waals surface area contributed by atoms with E-state index in [4.69, 9.17) is 0 Å². The van der Waals surface area contributed by atoms with Crippen LogP contribution in [0.5, 0.6) is 0 Å².